The van der Waals surface area contributed by atoms with Crippen LogP contribution in [0.3, 0.4) is 0 Å². The Bertz CT molecular complexity index is 2340. The molecule has 6 rings (SSSR count). The maximum atomic E-state index is 12.7. The van der Waals surface area contributed by atoms with Crippen molar-refractivity contribution in [3.8, 4) is 23.0 Å². The predicted octanol–water partition coefficient (Wildman–Crippen LogP) is 12.7. The molecule has 0 N–H and O–H groups in total. The van der Waals surface area contributed by atoms with Crippen molar-refractivity contribution in [1.82, 2.24) is 0 Å². The highest BCUT2D eigenvalue weighted by atomic mass is 16.5. The summed E-state index contributed by atoms with van der Waals surface area (Å²) in [6.07, 6.45) is 10.2. The third-order valence-corrected chi connectivity index (χ3v) is 9.58. The molecule has 312 valence electrons. The lowest BCUT2D eigenvalue weighted by atomic mass is 10.0. The third-order valence-electron chi connectivity index (χ3n) is 9.58. The summed E-state index contributed by atoms with van der Waals surface area (Å²) in [5.74, 6) is 1.77. The van der Waals surface area contributed by atoms with Gasteiger partial charge in [0.05, 0.1) is 49.1 Å². The molecular weight excluding hydrogens is 767 g/mol. The van der Waals surface area contributed by atoms with Crippen LogP contribution in [0.25, 0.3) is 10.8 Å². The molecule has 0 atom stereocenters. The number of azo groups is 1. The molecule has 0 aliphatic carbocycles. The van der Waals surface area contributed by atoms with Crippen LogP contribution in [0.2, 0.25) is 0 Å². The number of hydrogen-bond acceptors (Lipinski definition) is 10. The zero-order valence-electron chi connectivity index (χ0n) is 34.3. The van der Waals surface area contributed by atoms with Crippen molar-refractivity contribution < 1.29 is 33.3 Å². The van der Waals surface area contributed by atoms with Crippen molar-refractivity contribution in [3.05, 3.63) is 163 Å². The van der Waals surface area contributed by atoms with Gasteiger partial charge in [0, 0.05) is 24.1 Å². The van der Waals surface area contributed by atoms with E-state index in [9.17, 15) is 9.59 Å². The third kappa shape index (κ3) is 14.6. The molecule has 0 saturated carbocycles. The highest BCUT2D eigenvalue weighted by Gasteiger charge is 2.10. The lowest BCUT2D eigenvalue weighted by Gasteiger charge is -2.09. The Kier molecular flexibility index (Phi) is 17.2. The normalized spacial score (nSPS) is 11.1. The van der Waals surface area contributed by atoms with E-state index in [0.717, 1.165) is 85.0 Å². The van der Waals surface area contributed by atoms with Crippen molar-refractivity contribution in [2.24, 2.45) is 15.2 Å². The zero-order chi connectivity index (χ0) is 42.3. The Hall–Kier alpha value is -7.07. The second-order valence-corrected chi connectivity index (χ2v) is 14.1. The van der Waals surface area contributed by atoms with Crippen LogP contribution in [0.4, 0.5) is 17.1 Å². The van der Waals surface area contributed by atoms with Gasteiger partial charge in [-0.25, -0.2) is 9.59 Å². The molecule has 0 spiro atoms. The summed E-state index contributed by atoms with van der Waals surface area (Å²) >= 11 is 0. The fourth-order valence-electron chi connectivity index (χ4n) is 6.29. The average molecular weight is 818 g/mol. The maximum absolute atomic E-state index is 12.7. The summed E-state index contributed by atoms with van der Waals surface area (Å²) in [6.45, 7) is 5.51. The van der Waals surface area contributed by atoms with Crippen molar-refractivity contribution >= 4 is 46.0 Å². The topological polar surface area (TPSA) is 117 Å². The first kappa shape index (κ1) is 43.5. The van der Waals surface area contributed by atoms with Gasteiger partial charge in [-0.05, 0) is 147 Å². The number of carbonyl (C=O) groups is 2. The molecule has 0 amide bonds. The van der Waals surface area contributed by atoms with Crippen LogP contribution in [-0.2, 0) is 16.0 Å². The fraction of sp³-hybridized carbons (Fsp3) is 0.235. The molecule has 6 aromatic rings. The van der Waals surface area contributed by atoms with E-state index >= 15 is 0 Å². The molecule has 0 radical (unpaired) electrons. The molecule has 0 aromatic heterocycles. The first-order chi connectivity index (χ1) is 30.0. The lowest BCUT2D eigenvalue weighted by molar-refractivity contribution is -0.137. The lowest BCUT2D eigenvalue weighted by Crippen LogP contribution is -2.08. The van der Waals surface area contributed by atoms with Gasteiger partial charge in [-0.15, -0.1) is 5.11 Å². The standard InChI is InChI=1S/C51H51N3O7/c1-2-50(55)60-38-12-4-3-11-35-57-43-24-19-40(20-25-43)51(56)61-46-30-28-45(29-31-46)59-37-14-6-13-36-58-44-26-22-42(23-27-44)53-54-49-32-21-39(47-17-9-10-18-48(47)49)33-34-52-41-15-7-5-8-16-41/h2,5,7-10,15-32,34H,1,3-4,6,11-14,33,35-38H2. The van der Waals surface area contributed by atoms with Crippen LogP contribution in [0, 0.1) is 0 Å². The number of nitrogens with zero attached hydrogens (tertiary/aromatic N) is 3. The van der Waals surface area contributed by atoms with Gasteiger partial charge in [-0.2, -0.15) is 5.11 Å². The largest absolute Gasteiger partial charge is 0.494 e. The van der Waals surface area contributed by atoms with Gasteiger partial charge in [0.25, 0.3) is 0 Å². The van der Waals surface area contributed by atoms with E-state index in [4.69, 9.17) is 23.7 Å². The minimum absolute atomic E-state index is 0.393. The van der Waals surface area contributed by atoms with Gasteiger partial charge >= 0.3 is 11.9 Å². The van der Waals surface area contributed by atoms with Gasteiger partial charge in [0.1, 0.15) is 23.0 Å². The highest BCUT2D eigenvalue weighted by molar-refractivity contribution is 5.96. The minimum Gasteiger partial charge on any atom is -0.494 e. The van der Waals surface area contributed by atoms with Crippen molar-refractivity contribution in [2.75, 3.05) is 26.4 Å². The van der Waals surface area contributed by atoms with Crippen molar-refractivity contribution in [3.63, 3.8) is 0 Å². The Morgan fingerprint density at radius 2 is 1.05 bits per heavy atom. The molecule has 10 nitrogen and oxygen atoms in total. The van der Waals surface area contributed by atoms with E-state index in [1.54, 1.807) is 48.5 Å². The number of benzene rings is 6. The summed E-state index contributed by atoms with van der Waals surface area (Å²) in [5.41, 5.74) is 4.12. The first-order valence-electron chi connectivity index (χ1n) is 20.7. The highest BCUT2D eigenvalue weighted by Crippen LogP contribution is 2.31. The number of ether oxygens (including phenoxy) is 5. The molecule has 0 fully saturated rings. The van der Waals surface area contributed by atoms with E-state index in [1.807, 2.05) is 79.0 Å². The molecular formula is C51H51N3O7. The van der Waals surface area contributed by atoms with Crippen LogP contribution in [0.5, 0.6) is 23.0 Å². The van der Waals surface area contributed by atoms with E-state index < -0.39 is 11.9 Å². The van der Waals surface area contributed by atoms with Crippen molar-refractivity contribution in [1.29, 1.82) is 0 Å². The van der Waals surface area contributed by atoms with Gasteiger partial charge in [0.15, 0.2) is 0 Å². The summed E-state index contributed by atoms with van der Waals surface area (Å²) in [4.78, 5) is 28.3. The van der Waals surface area contributed by atoms with E-state index in [-0.39, 0.29) is 0 Å². The second kappa shape index (κ2) is 24.1. The smallest absolute Gasteiger partial charge is 0.343 e. The number of esters is 2. The van der Waals surface area contributed by atoms with E-state index in [2.05, 4.69) is 40.0 Å². The van der Waals surface area contributed by atoms with E-state index in [1.165, 1.54) is 11.6 Å². The number of aliphatic imine (C=N–C) groups is 1. The molecule has 0 heterocycles. The Balaban J connectivity index is 0.831. The molecule has 0 aliphatic heterocycles. The Morgan fingerprint density at radius 3 is 1.69 bits per heavy atom. The summed E-state index contributed by atoms with van der Waals surface area (Å²) in [6, 6.07) is 43.9. The average Bonchev–Trinajstić information content (AvgIpc) is 3.30. The summed E-state index contributed by atoms with van der Waals surface area (Å²) in [7, 11) is 0. The Morgan fingerprint density at radius 1 is 0.508 bits per heavy atom. The van der Waals surface area contributed by atoms with Crippen LogP contribution in [0.15, 0.2) is 167 Å². The second-order valence-electron chi connectivity index (χ2n) is 14.1. The monoisotopic (exact) mass is 817 g/mol. The number of unbranched alkanes of at least 4 members (excludes halogenated alkanes) is 5. The Labute approximate surface area is 357 Å². The van der Waals surface area contributed by atoms with Crippen LogP contribution < -0.4 is 18.9 Å². The number of para-hydroxylation sites is 1. The minimum atomic E-state index is -0.450. The molecule has 61 heavy (non-hydrogen) atoms. The molecule has 0 bridgehead atoms. The van der Waals surface area contributed by atoms with E-state index in [0.29, 0.717) is 49.2 Å². The van der Waals surface area contributed by atoms with Gasteiger partial charge in [-0.3, -0.25) is 4.99 Å². The maximum Gasteiger partial charge on any atom is 0.343 e. The molecule has 0 aliphatic rings. The SMILES string of the molecule is C=CC(=O)OCCCCCCOc1ccc(C(=O)Oc2ccc(OCCCCCOc3ccc(N=Nc4ccc(CC=Nc5ccccc5)c5ccccc45)cc3)cc2)cc1. The van der Waals surface area contributed by atoms with Gasteiger partial charge in [0.2, 0.25) is 0 Å². The quantitative estimate of drug-likeness (QED) is 0.0149. The van der Waals surface area contributed by atoms with Gasteiger partial charge < -0.3 is 23.7 Å². The number of fused-ring (bicyclic) bond motifs is 1. The summed E-state index contributed by atoms with van der Waals surface area (Å²) in [5, 5.41) is 11.3. The number of rotatable bonds is 24. The van der Waals surface area contributed by atoms with Gasteiger partial charge in [-0.1, -0.05) is 55.1 Å². The zero-order valence-corrected chi connectivity index (χ0v) is 34.3. The van der Waals surface area contributed by atoms with Crippen LogP contribution in [0.1, 0.15) is 60.9 Å². The van der Waals surface area contributed by atoms with Crippen LogP contribution in [-0.4, -0.2) is 44.6 Å². The molecule has 0 saturated heterocycles. The molecule has 6 aromatic carbocycles. The fourth-order valence-corrected chi connectivity index (χ4v) is 6.29. The summed E-state index contributed by atoms with van der Waals surface area (Å²) < 4.78 is 28.1. The molecule has 10 heteroatoms. The first-order valence-corrected chi connectivity index (χ1v) is 20.7. The predicted molar refractivity (Wildman–Crippen MR) is 241 cm³/mol. The van der Waals surface area contributed by atoms with Crippen LogP contribution >= 0.6 is 0 Å². The van der Waals surface area contributed by atoms with Crippen molar-refractivity contribution in [2.45, 2.75) is 51.4 Å². The number of hydrogen-bond donors (Lipinski definition) is 0. The number of carbonyl (C=O) groups excluding carboxylic acids is 2. The molecule has 0 unspecified atom stereocenters.